The molecule has 6 nitrogen and oxygen atoms in total. The largest absolute Gasteiger partial charge is 0.378 e. The van der Waals surface area contributed by atoms with E-state index in [4.69, 9.17) is 4.74 Å². The van der Waals surface area contributed by atoms with Gasteiger partial charge in [-0.2, -0.15) is 5.10 Å². The predicted molar refractivity (Wildman–Crippen MR) is 135 cm³/mol. The van der Waals surface area contributed by atoms with E-state index in [0.717, 1.165) is 40.9 Å². The summed E-state index contributed by atoms with van der Waals surface area (Å²) in [6.07, 6.45) is 14.8. The second kappa shape index (κ2) is 9.70. The van der Waals surface area contributed by atoms with Gasteiger partial charge < -0.3 is 14.4 Å². The summed E-state index contributed by atoms with van der Waals surface area (Å²) in [5.41, 5.74) is 2.79. The van der Waals surface area contributed by atoms with Crippen molar-refractivity contribution in [3.63, 3.8) is 0 Å². The maximum atomic E-state index is 9.94. The second-order valence-corrected chi connectivity index (χ2v) is 14.7. The fourth-order valence-corrected chi connectivity index (χ4v) is 3.91. The molecule has 0 aliphatic heterocycles. The van der Waals surface area contributed by atoms with Gasteiger partial charge in [-0.3, -0.25) is 0 Å². The molecule has 0 spiro atoms. The summed E-state index contributed by atoms with van der Waals surface area (Å²) in [5, 5.41) is 15.5. The van der Waals surface area contributed by atoms with Crippen molar-refractivity contribution in [1.29, 1.82) is 0 Å². The Balaban J connectivity index is 1.90. The van der Waals surface area contributed by atoms with Gasteiger partial charge in [0.2, 0.25) is 0 Å². The lowest BCUT2D eigenvalue weighted by atomic mass is 10.1. The lowest BCUT2D eigenvalue weighted by molar-refractivity contribution is 0.0809. The minimum atomic E-state index is -1.06. The molecule has 0 amide bonds. The first-order chi connectivity index (χ1) is 14.9. The minimum absolute atomic E-state index is 0.448. The zero-order valence-corrected chi connectivity index (χ0v) is 21.2. The summed E-state index contributed by atoms with van der Waals surface area (Å²) in [5.74, 6) is 7.44. The number of ether oxygens (including phenoxy) is 1. The lowest BCUT2D eigenvalue weighted by Gasteiger charge is -2.24. The number of fused-ring (bicyclic) bond motifs is 1. The van der Waals surface area contributed by atoms with Crippen molar-refractivity contribution in [2.75, 3.05) is 31.1 Å². The normalized spacial score (nSPS) is 12.9. The third-order valence-corrected chi connectivity index (χ3v) is 6.23. The molecule has 0 atom stereocenters. The molecule has 0 fully saturated rings. The van der Waals surface area contributed by atoms with E-state index < -0.39 is 15.6 Å². The van der Waals surface area contributed by atoms with Crippen molar-refractivity contribution in [2.45, 2.75) is 46.6 Å². The molecule has 3 rings (SSSR count). The van der Waals surface area contributed by atoms with Crippen molar-refractivity contribution < 1.29 is 9.84 Å². The molecule has 0 unspecified atom stereocenters. The molecule has 0 saturated heterocycles. The van der Waals surface area contributed by atoms with Gasteiger partial charge in [0.15, 0.2) is 0 Å². The molecule has 0 saturated carbocycles. The summed E-state index contributed by atoms with van der Waals surface area (Å²) in [6, 6.07) is 2.00. The molecule has 0 aliphatic rings. The molecule has 32 heavy (non-hydrogen) atoms. The van der Waals surface area contributed by atoms with Gasteiger partial charge in [-0.15, -0.1) is 0 Å². The molecule has 3 aromatic rings. The van der Waals surface area contributed by atoms with E-state index in [2.05, 4.69) is 65.3 Å². The standard InChI is InChI=1S/C25H36N4O2S/c1-19(2)15-28-17-23(20-13-27-29(16-20)18-31-10-11-32(5,6)7)22-12-21(26-14-24(22)28)8-9-25(3,4)30/h12-14,16-17,19,30H,10-11,15,18H2,1-7H3. The van der Waals surface area contributed by atoms with Crippen molar-refractivity contribution >= 4 is 20.9 Å². The average Bonchev–Trinajstić information content (AvgIpc) is 3.26. The molecule has 3 aromatic heterocycles. The van der Waals surface area contributed by atoms with E-state index in [9.17, 15) is 5.11 Å². The van der Waals surface area contributed by atoms with Gasteiger partial charge >= 0.3 is 0 Å². The van der Waals surface area contributed by atoms with Crippen LogP contribution in [0.1, 0.15) is 33.4 Å². The Bertz CT molecular complexity index is 1120. The smallest absolute Gasteiger partial charge is 0.139 e. The number of hydrogen-bond donors (Lipinski definition) is 1. The first-order valence-corrected chi connectivity index (χ1v) is 13.9. The van der Waals surface area contributed by atoms with Crippen LogP contribution in [-0.2, 0) is 18.0 Å². The van der Waals surface area contributed by atoms with Gasteiger partial charge in [-0.05, 0) is 50.5 Å². The number of aliphatic hydroxyl groups is 1. The average molecular weight is 457 g/mol. The van der Waals surface area contributed by atoms with E-state index in [1.165, 1.54) is 0 Å². The lowest BCUT2D eigenvalue weighted by Crippen LogP contribution is -2.14. The number of nitrogens with zero attached hydrogens (tertiary/aromatic N) is 4. The Morgan fingerprint density at radius 2 is 1.94 bits per heavy atom. The second-order valence-electron chi connectivity index (χ2n) is 10.1. The highest BCUT2D eigenvalue weighted by molar-refractivity contribution is 8.32. The van der Waals surface area contributed by atoms with Crippen molar-refractivity contribution in [3.05, 3.63) is 36.5 Å². The number of aromatic nitrogens is 4. The minimum Gasteiger partial charge on any atom is -0.378 e. The van der Waals surface area contributed by atoms with Crippen LogP contribution in [0.4, 0.5) is 0 Å². The maximum absolute atomic E-state index is 9.94. The monoisotopic (exact) mass is 456 g/mol. The van der Waals surface area contributed by atoms with Crippen molar-refractivity contribution in [3.8, 4) is 23.0 Å². The van der Waals surface area contributed by atoms with Crippen LogP contribution in [0.3, 0.4) is 0 Å². The molecular weight excluding hydrogens is 420 g/mol. The molecule has 174 valence electrons. The van der Waals surface area contributed by atoms with Crippen LogP contribution in [0.5, 0.6) is 0 Å². The third-order valence-electron chi connectivity index (χ3n) is 4.83. The van der Waals surface area contributed by atoms with Crippen LogP contribution in [-0.4, -0.2) is 61.2 Å². The fourth-order valence-electron chi connectivity index (χ4n) is 3.29. The van der Waals surface area contributed by atoms with Crippen molar-refractivity contribution in [1.82, 2.24) is 19.3 Å². The quantitative estimate of drug-likeness (QED) is 0.404. The maximum Gasteiger partial charge on any atom is 0.139 e. The van der Waals surface area contributed by atoms with Gasteiger partial charge in [0.05, 0.1) is 24.5 Å². The highest BCUT2D eigenvalue weighted by atomic mass is 32.3. The van der Waals surface area contributed by atoms with Gasteiger partial charge in [0.1, 0.15) is 18.0 Å². The summed E-state index contributed by atoms with van der Waals surface area (Å²) in [7, 11) is -0.556. The zero-order valence-electron chi connectivity index (χ0n) is 20.3. The highest BCUT2D eigenvalue weighted by Gasteiger charge is 2.15. The van der Waals surface area contributed by atoms with Crippen LogP contribution >= 0.6 is 10.0 Å². The Hall–Kier alpha value is -2.27. The van der Waals surface area contributed by atoms with Gasteiger partial charge in [0, 0.05) is 41.2 Å². The van der Waals surface area contributed by atoms with E-state index in [0.29, 0.717) is 18.3 Å². The Morgan fingerprint density at radius 1 is 1.19 bits per heavy atom. The van der Waals surface area contributed by atoms with Crippen molar-refractivity contribution in [2.24, 2.45) is 5.92 Å². The molecule has 0 bridgehead atoms. The summed E-state index contributed by atoms with van der Waals surface area (Å²) in [6.45, 7) is 9.85. The van der Waals surface area contributed by atoms with Crippen LogP contribution in [0, 0.1) is 17.8 Å². The highest BCUT2D eigenvalue weighted by Crippen LogP contribution is 2.34. The number of hydrogen-bond acceptors (Lipinski definition) is 4. The molecule has 0 radical (unpaired) electrons. The molecule has 1 N–H and O–H groups in total. The summed E-state index contributed by atoms with van der Waals surface area (Å²) < 4.78 is 9.93. The topological polar surface area (TPSA) is 65.1 Å². The SMILES string of the molecule is CC(C)Cn1cc(-c2cnn(COCCS(C)(C)C)c2)c2cc(C#CC(C)(C)O)ncc21. The van der Waals surface area contributed by atoms with Crippen LogP contribution in [0.2, 0.25) is 0 Å². The first kappa shape index (κ1) is 24.4. The molecular formula is C25H36N4O2S. The van der Waals surface area contributed by atoms with Gasteiger partial charge in [0.25, 0.3) is 0 Å². The summed E-state index contributed by atoms with van der Waals surface area (Å²) >= 11 is 0. The van der Waals surface area contributed by atoms with Crippen LogP contribution in [0.15, 0.2) is 30.9 Å². The fraction of sp³-hybridized carbons (Fsp3) is 0.520. The van der Waals surface area contributed by atoms with Crippen LogP contribution in [0.25, 0.3) is 22.0 Å². The van der Waals surface area contributed by atoms with Crippen LogP contribution < -0.4 is 0 Å². The van der Waals surface area contributed by atoms with E-state index >= 15 is 0 Å². The molecule has 3 heterocycles. The molecule has 0 aromatic carbocycles. The zero-order chi connectivity index (χ0) is 23.5. The number of pyridine rings is 1. The van der Waals surface area contributed by atoms with Gasteiger partial charge in [-0.25, -0.2) is 19.7 Å². The van der Waals surface area contributed by atoms with Gasteiger partial charge in [-0.1, -0.05) is 19.8 Å². The number of rotatable bonds is 8. The Morgan fingerprint density at radius 3 is 2.59 bits per heavy atom. The van der Waals surface area contributed by atoms with E-state index in [1.807, 2.05) is 29.3 Å². The Labute approximate surface area is 193 Å². The third kappa shape index (κ3) is 6.86. The van der Waals surface area contributed by atoms with E-state index in [1.54, 1.807) is 13.8 Å². The molecule has 0 aliphatic carbocycles. The summed E-state index contributed by atoms with van der Waals surface area (Å²) in [4.78, 5) is 4.52. The predicted octanol–water partition coefficient (Wildman–Crippen LogP) is 4.35. The molecule has 7 heteroatoms. The first-order valence-electron chi connectivity index (χ1n) is 10.9. The Kier molecular flexibility index (Phi) is 7.39. The van der Waals surface area contributed by atoms with E-state index in [-0.39, 0.29) is 0 Å².